The van der Waals surface area contributed by atoms with Gasteiger partial charge in [0.05, 0.1) is 22.1 Å². The number of hydrogen-bond donors (Lipinski definition) is 1. The highest BCUT2D eigenvalue weighted by molar-refractivity contribution is 7.84. The second-order valence-electron chi connectivity index (χ2n) is 4.70. The third-order valence-electron chi connectivity index (χ3n) is 3.25. The minimum Gasteiger partial charge on any atom is -0.478 e. The van der Waals surface area contributed by atoms with Gasteiger partial charge in [-0.1, -0.05) is 30.3 Å². The lowest BCUT2D eigenvalue weighted by molar-refractivity contribution is 0.0696. The van der Waals surface area contributed by atoms with E-state index in [1.54, 1.807) is 19.1 Å². The first-order chi connectivity index (χ1) is 9.49. The highest BCUT2D eigenvalue weighted by Crippen LogP contribution is 2.18. The summed E-state index contributed by atoms with van der Waals surface area (Å²) in [5.41, 5.74) is 2.99. The van der Waals surface area contributed by atoms with E-state index in [0.717, 1.165) is 11.1 Å². The number of benzene rings is 2. The van der Waals surface area contributed by atoms with Gasteiger partial charge in [0.25, 0.3) is 0 Å². The van der Waals surface area contributed by atoms with Crippen LogP contribution in [-0.2, 0) is 16.6 Å². The summed E-state index contributed by atoms with van der Waals surface area (Å²) in [5, 5.41) is 9.11. The average molecular weight is 288 g/mol. The number of hydrogen-bond acceptors (Lipinski definition) is 2. The van der Waals surface area contributed by atoms with Gasteiger partial charge in [0.15, 0.2) is 0 Å². The molecule has 0 aromatic heterocycles. The van der Waals surface area contributed by atoms with Gasteiger partial charge in [0.1, 0.15) is 0 Å². The number of carboxylic acid groups (broad SMARTS) is 1. The van der Waals surface area contributed by atoms with Crippen LogP contribution in [0.15, 0.2) is 47.4 Å². The molecule has 104 valence electrons. The van der Waals surface area contributed by atoms with Crippen molar-refractivity contribution in [1.29, 1.82) is 0 Å². The largest absolute Gasteiger partial charge is 0.478 e. The first-order valence-corrected chi connectivity index (χ1v) is 7.58. The van der Waals surface area contributed by atoms with Gasteiger partial charge in [0.2, 0.25) is 0 Å². The van der Waals surface area contributed by atoms with E-state index in [0.29, 0.717) is 16.2 Å². The Morgan fingerprint density at radius 2 is 1.80 bits per heavy atom. The topological polar surface area (TPSA) is 54.4 Å². The van der Waals surface area contributed by atoms with Crippen LogP contribution in [0.4, 0.5) is 0 Å². The van der Waals surface area contributed by atoms with Crippen LogP contribution in [0.3, 0.4) is 0 Å². The van der Waals surface area contributed by atoms with E-state index >= 15 is 0 Å². The molecule has 20 heavy (non-hydrogen) atoms. The number of rotatable bonds is 4. The first kappa shape index (κ1) is 14.5. The molecule has 0 fully saturated rings. The fourth-order valence-electron chi connectivity index (χ4n) is 1.97. The standard InChI is InChI=1S/C16H16O3S/c1-11-5-3-4-6-13(11)10-20(19)14-8-7-12(2)15(9-14)16(17)18/h3-9H,10H2,1-2H3,(H,17,18). The fraction of sp³-hybridized carbons (Fsp3) is 0.188. The van der Waals surface area contributed by atoms with Crippen molar-refractivity contribution in [2.75, 3.05) is 0 Å². The van der Waals surface area contributed by atoms with E-state index in [-0.39, 0.29) is 5.56 Å². The lowest BCUT2D eigenvalue weighted by atomic mass is 10.1. The van der Waals surface area contributed by atoms with Crippen LogP contribution in [0.5, 0.6) is 0 Å². The zero-order valence-electron chi connectivity index (χ0n) is 11.4. The number of aromatic carboxylic acids is 1. The lowest BCUT2D eigenvalue weighted by Crippen LogP contribution is -2.03. The monoisotopic (exact) mass is 288 g/mol. The first-order valence-electron chi connectivity index (χ1n) is 6.26. The van der Waals surface area contributed by atoms with Crippen LogP contribution in [0.25, 0.3) is 0 Å². The van der Waals surface area contributed by atoms with Crippen LogP contribution in [-0.4, -0.2) is 15.3 Å². The zero-order chi connectivity index (χ0) is 14.7. The van der Waals surface area contributed by atoms with Gasteiger partial charge < -0.3 is 5.11 Å². The summed E-state index contributed by atoms with van der Waals surface area (Å²) in [6.07, 6.45) is 0. The van der Waals surface area contributed by atoms with Crippen molar-refractivity contribution in [3.05, 3.63) is 64.7 Å². The van der Waals surface area contributed by atoms with Crippen molar-refractivity contribution >= 4 is 16.8 Å². The molecule has 4 heteroatoms. The Kier molecular flexibility index (Phi) is 4.35. The van der Waals surface area contributed by atoms with Crippen molar-refractivity contribution < 1.29 is 14.1 Å². The smallest absolute Gasteiger partial charge is 0.335 e. The molecule has 0 heterocycles. The Balaban J connectivity index is 2.28. The second kappa shape index (κ2) is 6.01. The van der Waals surface area contributed by atoms with Crippen LogP contribution in [0.2, 0.25) is 0 Å². The van der Waals surface area contributed by atoms with Gasteiger partial charge >= 0.3 is 5.97 Å². The fourth-order valence-corrected chi connectivity index (χ4v) is 3.21. The molecule has 0 aliphatic rings. The Morgan fingerprint density at radius 3 is 2.45 bits per heavy atom. The molecule has 0 amide bonds. The summed E-state index contributed by atoms with van der Waals surface area (Å²) in [5.74, 6) is -0.591. The number of aryl methyl sites for hydroxylation is 2. The van der Waals surface area contributed by atoms with Gasteiger partial charge in [-0.05, 0) is 42.7 Å². The predicted octanol–water partition coefficient (Wildman–Crippen LogP) is 3.31. The minimum absolute atomic E-state index is 0.209. The van der Waals surface area contributed by atoms with Crippen LogP contribution < -0.4 is 0 Å². The van der Waals surface area contributed by atoms with Gasteiger partial charge in [-0.25, -0.2) is 4.79 Å². The van der Waals surface area contributed by atoms with Crippen LogP contribution in [0.1, 0.15) is 27.0 Å². The Labute approximate surface area is 120 Å². The van der Waals surface area contributed by atoms with Gasteiger partial charge in [-0.2, -0.15) is 0 Å². The van der Waals surface area contributed by atoms with Gasteiger partial charge in [-0.15, -0.1) is 0 Å². The van der Waals surface area contributed by atoms with E-state index in [2.05, 4.69) is 0 Å². The van der Waals surface area contributed by atoms with E-state index in [1.807, 2.05) is 31.2 Å². The van der Waals surface area contributed by atoms with E-state index in [4.69, 9.17) is 5.11 Å². The van der Waals surface area contributed by atoms with Crippen molar-refractivity contribution in [3.8, 4) is 0 Å². The Morgan fingerprint density at radius 1 is 1.10 bits per heavy atom. The number of carboxylic acids is 1. The molecule has 0 aliphatic heterocycles. The Bertz CT molecular complexity index is 677. The molecule has 1 unspecified atom stereocenters. The van der Waals surface area contributed by atoms with E-state index in [1.165, 1.54) is 6.07 Å². The second-order valence-corrected chi connectivity index (χ2v) is 6.15. The molecule has 3 nitrogen and oxygen atoms in total. The van der Waals surface area contributed by atoms with Crippen molar-refractivity contribution in [2.45, 2.75) is 24.5 Å². The normalized spacial score (nSPS) is 12.1. The maximum absolute atomic E-state index is 12.4. The molecule has 2 aromatic carbocycles. The molecular weight excluding hydrogens is 272 g/mol. The van der Waals surface area contributed by atoms with Gasteiger partial charge in [0, 0.05) is 4.90 Å². The highest BCUT2D eigenvalue weighted by Gasteiger charge is 2.12. The quantitative estimate of drug-likeness (QED) is 0.939. The zero-order valence-corrected chi connectivity index (χ0v) is 12.2. The third-order valence-corrected chi connectivity index (χ3v) is 4.60. The molecule has 1 atom stereocenters. The lowest BCUT2D eigenvalue weighted by Gasteiger charge is -2.08. The molecule has 0 radical (unpaired) electrons. The van der Waals surface area contributed by atoms with Crippen molar-refractivity contribution in [2.24, 2.45) is 0 Å². The Hall–Kier alpha value is -1.94. The summed E-state index contributed by atoms with van der Waals surface area (Å²) >= 11 is 0. The van der Waals surface area contributed by atoms with Crippen LogP contribution >= 0.6 is 0 Å². The molecule has 2 aromatic rings. The summed E-state index contributed by atoms with van der Waals surface area (Å²) in [4.78, 5) is 11.7. The molecule has 0 saturated carbocycles. The summed E-state index contributed by atoms with van der Waals surface area (Å²) in [7, 11) is -1.24. The van der Waals surface area contributed by atoms with E-state index < -0.39 is 16.8 Å². The molecule has 0 saturated heterocycles. The summed E-state index contributed by atoms with van der Waals surface area (Å²) in [6.45, 7) is 3.71. The third kappa shape index (κ3) is 3.14. The predicted molar refractivity (Wildman–Crippen MR) is 79.4 cm³/mol. The van der Waals surface area contributed by atoms with Gasteiger partial charge in [-0.3, -0.25) is 4.21 Å². The highest BCUT2D eigenvalue weighted by atomic mass is 32.2. The molecule has 1 N–H and O–H groups in total. The van der Waals surface area contributed by atoms with Crippen LogP contribution in [0, 0.1) is 13.8 Å². The molecule has 2 rings (SSSR count). The molecule has 0 aliphatic carbocycles. The van der Waals surface area contributed by atoms with Crippen molar-refractivity contribution in [3.63, 3.8) is 0 Å². The molecular formula is C16H16O3S. The minimum atomic E-state index is -1.24. The molecule has 0 bridgehead atoms. The summed E-state index contributed by atoms with van der Waals surface area (Å²) < 4.78 is 12.4. The summed E-state index contributed by atoms with van der Waals surface area (Å²) in [6, 6.07) is 12.7. The number of carbonyl (C=O) groups is 1. The van der Waals surface area contributed by atoms with Crippen molar-refractivity contribution in [1.82, 2.24) is 0 Å². The SMILES string of the molecule is Cc1ccccc1CS(=O)c1ccc(C)c(C(=O)O)c1. The maximum atomic E-state index is 12.4. The van der Waals surface area contributed by atoms with E-state index in [9.17, 15) is 9.00 Å². The maximum Gasteiger partial charge on any atom is 0.335 e. The average Bonchev–Trinajstić information content (AvgIpc) is 2.41. The molecule has 0 spiro atoms.